The summed E-state index contributed by atoms with van der Waals surface area (Å²) in [5, 5.41) is 13.2. The number of aryl methyl sites for hydroxylation is 2. The second-order valence-electron chi connectivity index (χ2n) is 6.91. The van der Waals surface area contributed by atoms with Crippen LogP contribution in [0.15, 0.2) is 53.1 Å². The molecule has 1 heterocycles. The van der Waals surface area contributed by atoms with Crippen LogP contribution in [0.25, 0.3) is 21.8 Å². The molecule has 7 nitrogen and oxygen atoms in total. The van der Waals surface area contributed by atoms with E-state index in [0.717, 1.165) is 27.4 Å². The van der Waals surface area contributed by atoms with Crippen molar-refractivity contribution in [1.29, 1.82) is 0 Å². The van der Waals surface area contributed by atoms with E-state index in [1.54, 1.807) is 18.2 Å². The number of hydrogen-bond acceptors (Lipinski definition) is 4. The Morgan fingerprint density at radius 2 is 1.86 bits per heavy atom. The number of aromatic amines is 1. The zero-order valence-electron chi connectivity index (χ0n) is 15.4. The standard InChI is InChI=1S/C20H19N3O4S/c1-12-10-11-13(2)19-18(12)14-6-5-7-15(20(14)21-19)22-28(26,27)17-9-4-3-8-16(17)23(24)25/h3,5-8,10-11,21-22H,4,9H2,1-2H3. The van der Waals surface area contributed by atoms with E-state index in [-0.39, 0.29) is 17.0 Å². The van der Waals surface area contributed by atoms with Gasteiger partial charge in [-0.15, -0.1) is 0 Å². The third kappa shape index (κ3) is 2.86. The summed E-state index contributed by atoms with van der Waals surface area (Å²) in [5.74, 6) is 0. The lowest BCUT2D eigenvalue weighted by Crippen LogP contribution is -2.20. The van der Waals surface area contributed by atoms with E-state index in [1.807, 2.05) is 32.0 Å². The molecule has 2 aromatic carbocycles. The summed E-state index contributed by atoms with van der Waals surface area (Å²) in [6.45, 7) is 4.00. The van der Waals surface area contributed by atoms with Crippen molar-refractivity contribution in [2.75, 3.05) is 4.72 Å². The molecular formula is C20H19N3O4S. The number of hydrogen-bond donors (Lipinski definition) is 2. The van der Waals surface area contributed by atoms with E-state index in [1.165, 1.54) is 6.08 Å². The zero-order chi connectivity index (χ0) is 20.1. The first kappa shape index (κ1) is 18.2. The first-order valence-corrected chi connectivity index (χ1v) is 10.4. The smallest absolute Gasteiger partial charge is 0.285 e. The van der Waals surface area contributed by atoms with Gasteiger partial charge in [0.25, 0.3) is 15.7 Å². The van der Waals surface area contributed by atoms with Crippen LogP contribution in [0.5, 0.6) is 0 Å². The van der Waals surface area contributed by atoms with Gasteiger partial charge in [-0.3, -0.25) is 14.8 Å². The Balaban J connectivity index is 1.89. The molecule has 0 radical (unpaired) electrons. The molecule has 0 aliphatic heterocycles. The van der Waals surface area contributed by atoms with Crippen LogP contribution in [0, 0.1) is 24.0 Å². The van der Waals surface area contributed by atoms with Crippen LogP contribution in [0.3, 0.4) is 0 Å². The number of para-hydroxylation sites is 1. The number of sulfonamides is 1. The number of H-pyrrole nitrogens is 1. The predicted octanol–water partition coefficient (Wildman–Crippen LogP) is 4.52. The van der Waals surface area contributed by atoms with Gasteiger partial charge >= 0.3 is 0 Å². The second-order valence-corrected chi connectivity index (χ2v) is 8.62. The number of nitrogens with zero attached hydrogens (tertiary/aromatic N) is 1. The fraction of sp³-hybridized carbons (Fsp3) is 0.200. The SMILES string of the molecule is Cc1ccc(C)c2c1[nH]c1c(NS(=O)(=O)C3=C([N+](=O)[O-])C=CCC3)cccc12. The van der Waals surface area contributed by atoms with Gasteiger partial charge in [0, 0.05) is 22.4 Å². The molecule has 1 aliphatic rings. The van der Waals surface area contributed by atoms with E-state index in [9.17, 15) is 18.5 Å². The number of rotatable bonds is 4. The first-order valence-electron chi connectivity index (χ1n) is 8.87. The molecule has 28 heavy (non-hydrogen) atoms. The van der Waals surface area contributed by atoms with Gasteiger partial charge in [0.05, 0.1) is 16.1 Å². The molecule has 0 spiro atoms. The summed E-state index contributed by atoms with van der Waals surface area (Å²) in [6.07, 6.45) is 3.42. The number of anilines is 1. The van der Waals surface area contributed by atoms with Crippen LogP contribution in [0.2, 0.25) is 0 Å². The summed E-state index contributed by atoms with van der Waals surface area (Å²) < 4.78 is 28.4. The maximum Gasteiger partial charge on any atom is 0.285 e. The van der Waals surface area contributed by atoms with Crippen LogP contribution < -0.4 is 4.72 Å². The average molecular weight is 397 g/mol. The maximum absolute atomic E-state index is 12.9. The van der Waals surface area contributed by atoms with Crippen molar-refractivity contribution < 1.29 is 13.3 Å². The Hall–Kier alpha value is -3.13. The van der Waals surface area contributed by atoms with E-state index in [2.05, 4.69) is 9.71 Å². The number of fused-ring (bicyclic) bond motifs is 3. The molecule has 8 heteroatoms. The first-order chi connectivity index (χ1) is 13.3. The lowest BCUT2D eigenvalue weighted by atomic mass is 10.0. The summed E-state index contributed by atoms with van der Waals surface area (Å²) in [4.78, 5) is 13.7. The largest absolute Gasteiger partial charge is 0.353 e. The lowest BCUT2D eigenvalue weighted by Gasteiger charge is -2.13. The number of allylic oxidation sites excluding steroid dienone is 3. The minimum atomic E-state index is -4.06. The summed E-state index contributed by atoms with van der Waals surface area (Å²) in [6, 6.07) is 9.41. The topological polar surface area (TPSA) is 105 Å². The molecular weight excluding hydrogens is 378 g/mol. The number of benzene rings is 2. The Kier molecular flexibility index (Phi) is 4.23. The molecule has 144 valence electrons. The third-order valence-electron chi connectivity index (χ3n) is 5.07. The van der Waals surface area contributed by atoms with Crippen molar-refractivity contribution in [3.05, 3.63) is 74.3 Å². The predicted molar refractivity (Wildman–Crippen MR) is 110 cm³/mol. The average Bonchev–Trinajstić information content (AvgIpc) is 3.06. The maximum atomic E-state index is 12.9. The van der Waals surface area contributed by atoms with E-state index in [4.69, 9.17) is 0 Å². The molecule has 3 aromatic rings. The quantitative estimate of drug-likeness (QED) is 0.499. The Morgan fingerprint density at radius 1 is 1.11 bits per heavy atom. The van der Waals surface area contributed by atoms with Crippen LogP contribution in [0.1, 0.15) is 24.0 Å². The molecule has 0 saturated carbocycles. The van der Waals surface area contributed by atoms with Gasteiger partial charge in [0.2, 0.25) is 0 Å². The van der Waals surface area contributed by atoms with Crippen LogP contribution in [0.4, 0.5) is 5.69 Å². The van der Waals surface area contributed by atoms with Crippen molar-refractivity contribution in [3.63, 3.8) is 0 Å². The van der Waals surface area contributed by atoms with Crippen molar-refractivity contribution in [3.8, 4) is 0 Å². The summed E-state index contributed by atoms with van der Waals surface area (Å²) >= 11 is 0. The third-order valence-corrected chi connectivity index (χ3v) is 6.62. The van der Waals surface area contributed by atoms with E-state index >= 15 is 0 Å². The molecule has 4 rings (SSSR count). The fourth-order valence-electron chi connectivity index (χ4n) is 3.70. The zero-order valence-corrected chi connectivity index (χ0v) is 16.3. The van der Waals surface area contributed by atoms with Crippen molar-refractivity contribution in [2.45, 2.75) is 26.7 Å². The molecule has 1 aliphatic carbocycles. The molecule has 0 fully saturated rings. The Morgan fingerprint density at radius 3 is 2.61 bits per heavy atom. The van der Waals surface area contributed by atoms with Gasteiger partial charge in [-0.05, 0) is 43.9 Å². The summed E-state index contributed by atoms with van der Waals surface area (Å²) in [7, 11) is -4.06. The summed E-state index contributed by atoms with van der Waals surface area (Å²) in [5.41, 5.74) is 3.75. The number of aromatic nitrogens is 1. The Bertz CT molecular complexity index is 1300. The molecule has 0 atom stereocenters. The minimum Gasteiger partial charge on any atom is -0.353 e. The van der Waals surface area contributed by atoms with Crippen LogP contribution >= 0.6 is 0 Å². The van der Waals surface area contributed by atoms with Gasteiger partial charge in [-0.1, -0.05) is 30.3 Å². The van der Waals surface area contributed by atoms with Gasteiger partial charge in [0.15, 0.2) is 0 Å². The second kappa shape index (κ2) is 6.49. The van der Waals surface area contributed by atoms with E-state index in [0.29, 0.717) is 17.6 Å². The molecule has 0 bridgehead atoms. The Labute approximate surface area is 162 Å². The van der Waals surface area contributed by atoms with Crippen molar-refractivity contribution in [1.82, 2.24) is 4.98 Å². The van der Waals surface area contributed by atoms with Crippen molar-refractivity contribution in [2.24, 2.45) is 0 Å². The van der Waals surface area contributed by atoms with Gasteiger partial charge < -0.3 is 4.98 Å². The van der Waals surface area contributed by atoms with Crippen LogP contribution in [-0.2, 0) is 10.0 Å². The van der Waals surface area contributed by atoms with Crippen molar-refractivity contribution >= 4 is 37.5 Å². The monoisotopic (exact) mass is 397 g/mol. The fourth-order valence-corrected chi connectivity index (χ4v) is 5.08. The highest BCUT2D eigenvalue weighted by molar-refractivity contribution is 7.96. The normalized spacial score (nSPS) is 14.8. The molecule has 0 saturated heterocycles. The van der Waals surface area contributed by atoms with E-state index < -0.39 is 14.9 Å². The highest BCUT2D eigenvalue weighted by atomic mass is 32.2. The van der Waals surface area contributed by atoms with Gasteiger partial charge in [-0.2, -0.15) is 0 Å². The molecule has 2 N–H and O–H groups in total. The minimum absolute atomic E-state index is 0.100. The molecule has 0 amide bonds. The molecule has 1 aromatic heterocycles. The number of nitrogens with one attached hydrogen (secondary N) is 2. The van der Waals surface area contributed by atoms with Crippen LogP contribution in [-0.4, -0.2) is 18.3 Å². The lowest BCUT2D eigenvalue weighted by molar-refractivity contribution is -0.419. The molecule has 0 unspecified atom stereocenters. The van der Waals surface area contributed by atoms with Gasteiger partial charge in [0.1, 0.15) is 4.91 Å². The van der Waals surface area contributed by atoms with Gasteiger partial charge in [-0.25, -0.2) is 8.42 Å². The highest BCUT2D eigenvalue weighted by Crippen LogP contribution is 2.35. The number of nitro groups is 1. The highest BCUT2D eigenvalue weighted by Gasteiger charge is 2.30.